The third-order valence-electron chi connectivity index (χ3n) is 4.32. The molecule has 5 N–H and O–H groups in total. The van der Waals surface area contributed by atoms with Gasteiger partial charge in [0.2, 0.25) is 6.41 Å². The first kappa shape index (κ1) is 23.5. The Bertz CT molecular complexity index is 1130. The van der Waals surface area contributed by atoms with E-state index in [2.05, 4.69) is 15.4 Å². The van der Waals surface area contributed by atoms with Gasteiger partial charge in [-0.2, -0.15) is 18.3 Å². The zero-order valence-corrected chi connectivity index (χ0v) is 17.2. The number of nitrogens with two attached hydrogens (primary N) is 2. The number of hydrogen-bond donors (Lipinski definition) is 3. The van der Waals surface area contributed by atoms with E-state index in [0.717, 1.165) is 22.9 Å². The Kier molecular flexibility index (Phi) is 7.41. The fourth-order valence-corrected chi connectivity index (χ4v) is 2.73. The number of benzene rings is 1. The molecule has 31 heavy (non-hydrogen) atoms. The summed E-state index contributed by atoms with van der Waals surface area (Å²) in [5, 5.41) is 6.59. The highest BCUT2D eigenvalue weighted by atomic mass is 19.4. The second-order valence-corrected chi connectivity index (χ2v) is 6.61. The summed E-state index contributed by atoms with van der Waals surface area (Å²) < 4.78 is 40.9. The number of fused-ring (bicyclic) bond motifs is 1. The molecule has 0 unspecified atom stereocenters. The summed E-state index contributed by atoms with van der Waals surface area (Å²) in [6, 6.07) is 7.08. The molecule has 0 radical (unpaired) electrons. The summed E-state index contributed by atoms with van der Waals surface area (Å²) in [4.78, 5) is 14.0. The van der Waals surface area contributed by atoms with Gasteiger partial charge in [0.15, 0.2) is 5.65 Å². The number of carbonyl (C=O) groups is 1. The third kappa shape index (κ3) is 5.62. The van der Waals surface area contributed by atoms with Crippen molar-refractivity contribution in [3.8, 4) is 11.3 Å². The Hall–Kier alpha value is -3.82. The molecule has 0 aliphatic rings. The van der Waals surface area contributed by atoms with Crippen LogP contribution in [0.1, 0.15) is 23.7 Å². The molecule has 3 rings (SSSR count). The van der Waals surface area contributed by atoms with E-state index in [-0.39, 0.29) is 11.3 Å². The lowest BCUT2D eigenvalue weighted by Gasteiger charge is -2.13. The fourth-order valence-electron chi connectivity index (χ4n) is 2.73. The van der Waals surface area contributed by atoms with E-state index in [4.69, 9.17) is 11.5 Å². The van der Waals surface area contributed by atoms with E-state index < -0.39 is 11.7 Å². The number of carbonyl (C=O) groups excluding carboxylic acids is 1. The van der Waals surface area contributed by atoms with Crippen LogP contribution in [0.3, 0.4) is 0 Å². The minimum Gasteiger partial charge on any atom is -0.405 e. The summed E-state index contributed by atoms with van der Waals surface area (Å²) >= 11 is 0. The van der Waals surface area contributed by atoms with Crippen LogP contribution in [0.25, 0.3) is 16.9 Å². The number of nitrogens with zero attached hydrogens (tertiary/aromatic N) is 3. The second kappa shape index (κ2) is 9.79. The molecule has 1 aromatic carbocycles. The summed E-state index contributed by atoms with van der Waals surface area (Å²) in [6.45, 7) is 5.37. The number of halogens is 3. The van der Waals surface area contributed by atoms with Crippen LogP contribution in [-0.4, -0.2) is 21.0 Å². The Labute approximate surface area is 177 Å². The highest BCUT2D eigenvalue weighted by molar-refractivity contribution is 5.67. The first-order valence-corrected chi connectivity index (χ1v) is 9.13. The van der Waals surface area contributed by atoms with Crippen molar-refractivity contribution >= 4 is 12.1 Å². The van der Waals surface area contributed by atoms with E-state index >= 15 is 0 Å². The van der Waals surface area contributed by atoms with Crippen LogP contribution in [0, 0.1) is 13.8 Å². The zero-order chi connectivity index (χ0) is 23.2. The molecule has 0 atom stereocenters. The van der Waals surface area contributed by atoms with Crippen LogP contribution in [0.15, 0.2) is 60.2 Å². The molecule has 10 heteroatoms. The molecule has 0 fully saturated rings. The lowest BCUT2D eigenvalue weighted by atomic mass is 10.0. The average Bonchev–Trinajstić information content (AvgIpc) is 3.09. The van der Waals surface area contributed by atoms with Crippen molar-refractivity contribution in [1.29, 1.82) is 0 Å². The molecule has 164 valence electrons. The Balaban J connectivity index is 0.000000291. The molecule has 1 amide bonds. The first-order valence-electron chi connectivity index (χ1n) is 9.13. The number of imidazole rings is 1. The molecule has 3 aromatic rings. The summed E-state index contributed by atoms with van der Waals surface area (Å²) in [6.07, 6.45) is 0.712. The van der Waals surface area contributed by atoms with Crippen molar-refractivity contribution in [2.45, 2.75) is 26.9 Å². The molecule has 7 nitrogen and oxygen atoms in total. The number of hydrogen-bond acceptors (Lipinski definition) is 5. The van der Waals surface area contributed by atoms with Crippen molar-refractivity contribution in [1.82, 2.24) is 19.9 Å². The molecule has 0 aliphatic carbocycles. The lowest BCUT2D eigenvalue weighted by molar-refractivity contribution is -0.137. The van der Waals surface area contributed by atoms with Gasteiger partial charge >= 0.3 is 6.18 Å². The predicted octanol–water partition coefficient (Wildman–Crippen LogP) is 3.43. The molecule has 0 aliphatic heterocycles. The molecule has 0 spiro atoms. The molecule has 0 saturated heterocycles. The molecule has 0 saturated carbocycles. The maximum Gasteiger partial charge on any atom is 0.417 e. The fraction of sp³-hybridized carbons (Fsp3) is 0.190. The first-order chi connectivity index (χ1) is 14.6. The number of amides is 1. The summed E-state index contributed by atoms with van der Waals surface area (Å²) in [7, 11) is 0. The largest absolute Gasteiger partial charge is 0.417 e. The minimum atomic E-state index is -4.41. The van der Waals surface area contributed by atoms with Crippen LogP contribution in [-0.2, 0) is 11.0 Å². The SMILES string of the molecule is CC(/C=C\N)=C(/N)NC=O.Cc1cc(-c2ccccc2C(F)(F)F)nn2c(C)cnc12. The average molecular weight is 432 g/mol. The van der Waals surface area contributed by atoms with E-state index in [1.807, 2.05) is 13.8 Å². The maximum atomic E-state index is 13.1. The van der Waals surface area contributed by atoms with Crippen LogP contribution >= 0.6 is 0 Å². The van der Waals surface area contributed by atoms with Gasteiger partial charge in [-0.15, -0.1) is 0 Å². The monoisotopic (exact) mass is 432 g/mol. The quantitative estimate of drug-likeness (QED) is 0.432. The van der Waals surface area contributed by atoms with E-state index in [1.165, 1.54) is 18.3 Å². The maximum absolute atomic E-state index is 13.1. The van der Waals surface area contributed by atoms with Gasteiger partial charge in [-0.25, -0.2) is 9.50 Å². The standard InChI is InChI=1S/C15H12F3N3.C6H11N3O/c1-9-7-13(20-21-10(2)8-19-14(9)21)11-5-3-4-6-12(11)15(16,17)18;1-5(2-3-7)6(8)9-4-10/h3-8H,1-2H3;2-4H,7-8H2,1H3,(H,9,10)/b;3-2-,6-5+. The summed E-state index contributed by atoms with van der Waals surface area (Å²) in [5.41, 5.74) is 13.0. The van der Waals surface area contributed by atoms with Crippen LogP contribution < -0.4 is 16.8 Å². The molecule has 2 aromatic heterocycles. The predicted molar refractivity (Wildman–Crippen MR) is 112 cm³/mol. The van der Waals surface area contributed by atoms with Crippen molar-refractivity contribution in [3.05, 3.63) is 77.0 Å². The van der Waals surface area contributed by atoms with Crippen LogP contribution in [0.4, 0.5) is 13.2 Å². The number of alkyl halides is 3. The lowest BCUT2D eigenvalue weighted by Crippen LogP contribution is -2.19. The Morgan fingerprint density at radius 2 is 1.90 bits per heavy atom. The number of aromatic nitrogens is 3. The Morgan fingerprint density at radius 3 is 2.52 bits per heavy atom. The van der Waals surface area contributed by atoms with Crippen molar-refractivity contribution in [2.24, 2.45) is 11.5 Å². The topological polar surface area (TPSA) is 111 Å². The van der Waals surface area contributed by atoms with Gasteiger partial charge in [0.1, 0.15) is 5.82 Å². The smallest absolute Gasteiger partial charge is 0.405 e. The molecular weight excluding hydrogens is 409 g/mol. The number of rotatable bonds is 4. The number of allylic oxidation sites excluding steroid dienone is 2. The van der Waals surface area contributed by atoms with Gasteiger partial charge in [-0.05, 0) is 56.3 Å². The van der Waals surface area contributed by atoms with Gasteiger partial charge in [-0.1, -0.05) is 18.2 Å². The second-order valence-electron chi connectivity index (χ2n) is 6.61. The highest BCUT2D eigenvalue weighted by Gasteiger charge is 2.33. The number of nitrogens with one attached hydrogen (secondary N) is 1. The highest BCUT2D eigenvalue weighted by Crippen LogP contribution is 2.36. The van der Waals surface area contributed by atoms with Gasteiger partial charge in [0, 0.05) is 5.56 Å². The van der Waals surface area contributed by atoms with Crippen molar-refractivity contribution in [3.63, 3.8) is 0 Å². The molecule has 0 bridgehead atoms. The molecule has 2 heterocycles. The van der Waals surface area contributed by atoms with Gasteiger partial charge in [0.25, 0.3) is 0 Å². The van der Waals surface area contributed by atoms with Crippen molar-refractivity contribution < 1.29 is 18.0 Å². The van der Waals surface area contributed by atoms with Crippen LogP contribution in [0.2, 0.25) is 0 Å². The Morgan fingerprint density at radius 1 is 1.23 bits per heavy atom. The zero-order valence-electron chi connectivity index (χ0n) is 17.2. The normalized spacial score (nSPS) is 12.3. The third-order valence-corrected chi connectivity index (χ3v) is 4.32. The van der Waals surface area contributed by atoms with Crippen LogP contribution in [0.5, 0.6) is 0 Å². The van der Waals surface area contributed by atoms with E-state index in [0.29, 0.717) is 17.9 Å². The summed E-state index contributed by atoms with van der Waals surface area (Å²) in [5.74, 6) is 0.316. The van der Waals surface area contributed by atoms with E-state index in [9.17, 15) is 18.0 Å². The van der Waals surface area contributed by atoms with Gasteiger partial charge in [0.05, 0.1) is 23.1 Å². The molecular formula is C21H23F3N6O. The van der Waals surface area contributed by atoms with Gasteiger partial charge < -0.3 is 16.8 Å². The number of aryl methyl sites for hydroxylation is 2. The minimum absolute atomic E-state index is 0.0723. The van der Waals surface area contributed by atoms with E-state index in [1.54, 1.807) is 35.8 Å². The van der Waals surface area contributed by atoms with Crippen molar-refractivity contribution in [2.75, 3.05) is 0 Å². The van der Waals surface area contributed by atoms with Gasteiger partial charge in [-0.3, -0.25) is 4.79 Å².